The lowest BCUT2D eigenvalue weighted by Crippen LogP contribution is -2.25. The molecule has 10 heteroatoms. The van der Waals surface area contributed by atoms with E-state index in [1.807, 2.05) is 0 Å². The topological polar surface area (TPSA) is 141 Å². The highest BCUT2D eigenvalue weighted by molar-refractivity contribution is 7.89. The largest absolute Gasteiger partial charge is 0.461 e. The molecule has 0 radical (unpaired) electrons. The Labute approximate surface area is 155 Å². The number of benzene rings is 1. The Morgan fingerprint density at radius 2 is 1.93 bits per heavy atom. The summed E-state index contributed by atoms with van der Waals surface area (Å²) in [7, 11) is -3.70. The van der Waals surface area contributed by atoms with Gasteiger partial charge in [0.25, 0.3) is 0 Å². The van der Waals surface area contributed by atoms with E-state index in [1.54, 1.807) is 24.3 Å². The van der Waals surface area contributed by atoms with Crippen LogP contribution in [0.2, 0.25) is 0 Å². The van der Waals surface area contributed by atoms with E-state index in [0.29, 0.717) is 36.9 Å². The first-order valence-corrected chi connectivity index (χ1v) is 9.71. The fraction of sp³-hybridized carbons (Fsp3) is 0.235. The van der Waals surface area contributed by atoms with E-state index in [0.717, 1.165) is 5.56 Å². The number of sulfonamides is 1. The van der Waals surface area contributed by atoms with Crippen LogP contribution < -0.4 is 10.5 Å². The van der Waals surface area contributed by atoms with E-state index in [9.17, 15) is 13.2 Å². The molecule has 1 amide bonds. The highest BCUT2D eigenvalue weighted by Crippen LogP contribution is 2.16. The van der Waals surface area contributed by atoms with Crippen molar-refractivity contribution < 1.29 is 22.2 Å². The van der Waals surface area contributed by atoms with Crippen LogP contribution in [0.1, 0.15) is 17.9 Å². The fourth-order valence-corrected chi connectivity index (χ4v) is 2.88. The standard InChI is InChI=1S/C17H18N4O5S/c18-27(23,24)13-5-3-12(4-6-13)9-10-19-15(22)7-8-16-20-17(21-26-16)14-2-1-11-25-14/h1-6,11H,7-10H2,(H,19,22)(H2,18,23,24). The number of carbonyl (C=O) groups excluding carboxylic acids is 1. The maximum absolute atomic E-state index is 11.9. The number of carbonyl (C=O) groups is 1. The molecule has 3 aromatic rings. The molecule has 27 heavy (non-hydrogen) atoms. The smallest absolute Gasteiger partial charge is 0.238 e. The van der Waals surface area contributed by atoms with Gasteiger partial charge >= 0.3 is 0 Å². The normalized spacial score (nSPS) is 11.4. The molecule has 142 valence electrons. The second-order valence-corrected chi connectivity index (χ2v) is 7.34. The summed E-state index contributed by atoms with van der Waals surface area (Å²) in [6.07, 6.45) is 2.62. The molecule has 0 atom stereocenters. The van der Waals surface area contributed by atoms with Crippen molar-refractivity contribution >= 4 is 15.9 Å². The van der Waals surface area contributed by atoms with Crippen LogP contribution in [0.3, 0.4) is 0 Å². The third-order valence-electron chi connectivity index (χ3n) is 3.76. The number of amides is 1. The molecule has 2 aromatic heterocycles. The van der Waals surface area contributed by atoms with Gasteiger partial charge in [-0.2, -0.15) is 4.98 Å². The van der Waals surface area contributed by atoms with Gasteiger partial charge in [-0.25, -0.2) is 13.6 Å². The first kappa shape index (κ1) is 18.8. The fourth-order valence-electron chi connectivity index (χ4n) is 2.36. The summed E-state index contributed by atoms with van der Waals surface area (Å²) in [6, 6.07) is 9.66. The Hall–Kier alpha value is -2.98. The van der Waals surface area contributed by atoms with Crippen molar-refractivity contribution in [1.29, 1.82) is 0 Å². The Kier molecular flexibility index (Phi) is 5.67. The molecular weight excluding hydrogens is 372 g/mol. The van der Waals surface area contributed by atoms with Crippen molar-refractivity contribution in [3.05, 3.63) is 54.1 Å². The molecule has 0 aliphatic carbocycles. The molecule has 0 bridgehead atoms. The monoisotopic (exact) mass is 390 g/mol. The Morgan fingerprint density at radius 1 is 1.15 bits per heavy atom. The van der Waals surface area contributed by atoms with Gasteiger partial charge in [0.15, 0.2) is 5.76 Å². The number of nitrogens with one attached hydrogen (secondary N) is 1. The minimum absolute atomic E-state index is 0.0590. The number of nitrogens with two attached hydrogens (primary N) is 1. The second-order valence-electron chi connectivity index (χ2n) is 5.78. The molecule has 0 unspecified atom stereocenters. The van der Waals surface area contributed by atoms with E-state index < -0.39 is 10.0 Å². The summed E-state index contributed by atoms with van der Waals surface area (Å²) in [5.74, 6) is 1.06. The van der Waals surface area contributed by atoms with Gasteiger partial charge in [-0.15, -0.1) is 0 Å². The van der Waals surface area contributed by atoms with Crippen LogP contribution >= 0.6 is 0 Å². The average molecular weight is 390 g/mol. The van der Waals surface area contributed by atoms with E-state index in [-0.39, 0.29) is 17.2 Å². The van der Waals surface area contributed by atoms with E-state index >= 15 is 0 Å². The molecule has 3 rings (SSSR count). The predicted molar refractivity (Wildman–Crippen MR) is 94.8 cm³/mol. The summed E-state index contributed by atoms with van der Waals surface area (Å²) in [6.45, 7) is 0.426. The highest BCUT2D eigenvalue weighted by atomic mass is 32.2. The number of furan rings is 1. The summed E-state index contributed by atoms with van der Waals surface area (Å²) in [5.41, 5.74) is 0.891. The van der Waals surface area contributed by atoms with Gasteiger partial charge in [0, 0.05) is 19.4 Å². The third-order valence-corrected chi connectivity index (χ3v) is 4.69. The minimum Gasteiger partial charge on any atom is -0.461 e. The quantitative estimate of drug-likeness (QED) is 0.590. The lowest BCUT2D eigenvalue weighted by molar-refractivity contribution is -0.121. The first-order chi connectivity index (χ1) is 12.9. The maximum Gasteiger partial charge on any atom is 0.238 e. The highest BCUT2D eigenvalue weighted by Gasteiger charge is 2.12. The Bertz CT molecular complexity index is 994. The Morgan fingerprint density at radius 3 is 2.59 bits per heavy atom. The number of aromatic nitrogens is 2. The molecule has 0 spiro atoms. The third kappa shape index (κ3) is 5.25. The van der Waals surface area contributed by atoms with E-state index in [1.165, 1.54) is 18.4 Å². The van der Waals surface area contributed by atoms with Crippen LogP contribution in [0.25, 0.3) is 11.6 Å². The van der Waals surface area contributed by atoms with Gasteiger partial charge < -0.3 is 14.3 Å². The lowest BCUT2D eigenvalue weighted by Gasteiger charge is -2.05. The zero-order chi connectivity index (χ0) is 19.3. The molecular formula is C17H18N4O5S. The van der Waals surface area contributed by atoms with Crippen LogP contribution in [-0.2, 0) is 27.7 Å². The molecule has 0 aliphatic rings. The van der Waals surface area contributed by atoms with Crippen molar-refractivity contribution in [2.24, 2.45) is 5.14 Å². The number of aryl methyl sites for hydroxylation is 1. The maximum atomic E-state index is 11.9. The first-order valence-electron chi connectivity index (χ1n) is 8.17. The SMILES string of the molecule is NS(=O)(=O)c1ccc(CCNC(=O)CCc2nc(-c3ccco3)no2)cc1. The van der Waals surface area contributed by atoms with Crippen molar-refractivity contribution in [1.82, 2.24) is 15.5 Å². The average Bonchev–Trinajstić information content (AvgIpc) is 3.31. The van der Waals surface area contributed by atoms with Crippen LogP contribution in [0, 0.1) is 0 Å². The minimum atomic E-state index is -3.70. The van der Waals surface area contributed by atoms with Crippen molar-refractivity contribution in [2.45, 2.75) is 24.2 Å². The predicted octanol–water partition coefficient (Wildman–Crippen LogP) is 1.27. The van der Waals surface area contributed by atoms with Gasteiger partial charge in [-0.05, 0) is 36.2 Å². The van der Waals surface area contributed by atoms with Crippen LogP contribution in [0.5, 0.6) is 0 Å². The number of hydrogen-bond acceptors (Lipinski definition) is 7. The van der Waals surface area contributed by atoms with Crippen LogP contribution in [-0.4, -0.2) is 31.0 Å². The number of nitrogens with zero attached hydrogens (tertiary/aromatic N) is 2. The summed E-state index contributed by atoms with van der Waals surface area (Å²) < 4.78 is 32.7. The molecule has 0 aliphatic heterocycles. The van der Waals surface area contributed by atoms with Gasteiger partial charge in [-0.3, -0.25) is 4.79 Å². The molecule has 1 aromatic carbocycles. The van der Waals surface area contributed by atoms with E-state index in [4.69, 9.17) is 14.1 Å². The lowest BCUT2D eigenvalue weighted by atomic mass is 10.1. The molecule has 9 nitrogen and oxygen atoms in total. The van der Waals surface area contributed by atoms with Crippen LogP contribution in [0.15, 0.2) is 56.5 Å². The number of rotatable bonds is 8. The van der Waals surface area contributed by atoms with Gasteiger partial charge in [0.1, 0.15) is 0 Å². The summed E-state index contributed by atoms with van der Waals surface area (Å²) >= 11 is 0. The van der Waals surface area contributed by atoms with E-state index in [2.05, 4.69) is 15.5 Å². The van der Waals surface area contributed by atoms with Crippen molar-refractivity contribution in [3.63, 3.8) is 0 Å². The van der Waals surface area contributed by atoms with Crippen LogP contribution in [0.4, 0.5) is 0 Å². The van der Waals surface area contributed by atoms with Gasteiger partial charge in [-0.1, -0.05) is 17.3 Å². The zero-order valence-electron chi connectivity index (χ0n) is 14.3. The van der Waals surface area contributed by atoms with Crippen molar-refractivity contribution in [3.8, 4) is 11.6 Å². The zero-order valence-corrected chi connectivity index (χ0v) is 15.1. The molecule has 0 saturated heterocycles. The molecule has 0 fully saturated rings. The van der Waals surface area contributed by atoms with Gasteiger partial charge in [0.2, 0.25) is 27.6 Å². The summed E-state index contributed by atoms with van der Waals surface area (Å²) in [4.78, 5) is 16.1. The number of primary sulfonamides is 1. The Balaban J connectivity index is 1.41. The molecule has 2 heterocycles. The van der Waals surface area contributed by atoms with Crippen molar-refractivity contribution in [2.75, 3.05) is 6.54 Å². The van der Waals surface area contributed by atoms with Gasteiger partial charge in [0.05, 0.1) is 11.2 Å². The summed E-state index contributed by atoms with van der Waals surface area (Å²) in [5, 5.41) is 11.6. The number of hydrogen-bond donors (Lipinski definition) is 2. The molecule has 3 N–H and O–H groups in total. The second kappa shape index (κ2) is 8.14. The molecule has 0 saturated carbocycles.